The Morgan fingerprint density at radius 1 is 1.07 bits per heavy atom. The second-order valence-corrected chi connectivity index (χ2v) is 9.00. The molecule has 2 amide bonds. The molecule has 7 heteroatoms. The number of halogens is 1. The zero-order valence-corrected chi connectivity index (χ0v) is 17.3. The van der Waals surface area contributed by atoms with Crippen LogP contribution in [0.5, 0.6) is 0 Å². The fourth-order valence-corrected chi connectivity index (χ4v) is 5.11. The molecule has 0 spiro atoms. The zero-order chi connectivity index (χ0) is 20.2. The first-order chi connectivity index (χ1) is 14.1. The number of thiophene rings is 2. The molecule has 150 valence electrons. The predicted octanol–water partition coefficient (Wildman–Crippen LogP) is 4.71. The minimum atomic E-state index is -0.327. The molecule has 29 heavy (non-hydrogen) atoms. The summed E-state index contributed by atoms with van der Waals surface area (Å²) in [6.45, 7) is 1.09. The van der Waals surface area contributed by atoms with E-state index in [9.17, 15) is 14.0 Å². The van der Waals surface area contributed by atoms with E-state index < -0.39 is 0 Å². The van der Waals surface area contributed by atoms with Gasteiger partial charge in [-0.05, 0) is 53.4 Å². The number of hydrogen-bond acceptors (Lipinski definition) is 4. The van der Waals surface area contributed by atoms with Crippen LogP contribution in [-0.2, 0) is 4.79 Å². The monoisotopic (exact) mass is 428 g/mol. The smallest absolute Gasteiger partial charge is 0.263 e. The Bertz CT molecular complexity index is 955. The third kappa shape index (κ3) is 4.57. The Kier molecular flexibility index (Phi) is 6.06. The molecule has 0 saturated carbocycles. The van der Waals surface area contributed by atoms with Crippen molar-refractivity contribution >= 4 is 34.5 Å². The van der Waals surface area contributed by atoms with Gasteiger partial charge in [-0.25, -0.2) is 4.39 Å². The normalized spacial score (nSPS) is 17.7. The van der Waals surface area contributed by atoms with E-state index in [4.69, 9.17) is 0 Å². The lowest BCUT2D eigenvalue weighted by atomic mass is 9.95. The van der Waals surface area contributed by atoms with E-state index in [0.29, 0.717) is 18.0 Å². The number of nitrogens with zero attached hydrogens (tertiary/aromatic N) is 1. The van der Waals surface area contributed by atoms with Crippen LogP contribution < -0.4 is 5.32 Å². The summed E-state index contributed by atoms with van der Waals surface area (Å²) < 4.78 is 13.4. The van der Waals surface area contributed by atoms with Crippen molar-refractivity contribution in [1.82, 2.24) is 10.2 Å². The SMILES string of the molecule is O=C(N[C@@H](c1ccc(F)cc1)c1cccs1)[C@@H]1CCCN(C(=O)c2cccs2)C1. The van der Waals surface area contributed by atoms with E-state index in [1.807, 2.05) is 35.0 Å². The average molecular weight is 429 g/mol. The van der Waals surface area contributed by atoms with Crippen LogP contribution in [0.3, 0.4) is 0 Å². The van der Waals surface area contributed by atoms with Gasteiger partial charge in [-0.2, -0.15) is 0 Å². The Morgan fingerprint density at radius 2 is 1.83 bits per heavy atom. The lowest BCUT2D eigenvalue weighted by Crippen LogP contribution is -2.46. The Morgan fingerprint density at radius 3 is 2.52 bits per heavy atom. The quantitative estimate of drug-likeness (QED) is 0.640. The third-order valence-corrected chi connectivity index (χ3v) is 6.92. The lowest BCUT2D eigenvalue weighted by Gasteiger charge is -2.32. The average Bonchev–Trinajstić information content (AvgIpc) is 3.46. The number of carbonyl (C=O) groups is 2. The number of nitrogens with one attached hydrogen (secondary N) is 1. The van der Waals surface area contributed by atoms with Crippen LogP contribution in [-0.4, -0.2) is 29.8 Å². The minimum Gasteiger partial charge on any atom is -0.344 e. The van der Waals surface area contributed by atoms with Crippen LogP contribution >= 0.6 is 22.7 Å². The molecule has 1 saturated heterocycles. The summed E-state index contributed by atoms with van der Waals surface area (Å²) in [6, 6.07) is 13.5. The van der Waals surface area contributed by atoms with E-state index in [2.05, 4.69) is 5.32 Å². The molecule has 1 aromatic carbocycles. The van der Waals surface area contributed by atoms with E-state index in [1.165, 1.54) is 23.5 Å². The van der Waals surface area contributed by atoms with Gasteiger partial charge in [0, 0.05) is 18.0 Å². The highest BCUT2D eigenvalue weighted by Crippen LogP contribution is 2.28. The zero-order valence-electron chi connectivity index (χ0n) is 15.7. The van der Waals surface area contributed by atoms with Crippen molar-refractivity contribution in [2.75, 3.05) is 13.1 Å². The van der Waals surface area contributed by atoms with Crippen LogP contribution in [0, 0.1) is 11.7 Å². The van der Waals surface area contributed by atoms with Crippen LogP contribution in [0.2, 0.25) is 0 Å². The number of carbonyl (C=O) groups excluding carboxylic acids is 2. The van der Waals surface area contributed by atoms with Crippen LogP contribution in [0.25, 0.3) is 0 Å². The molecule has 1 aliphatic rings. The van der Waals surface area contributed by atoms with Gasteiger partial charge in [0.25, 0.3) is 5.91 Å². The van der Waals surface area contributed by atoms with Crippen molar-refractivity contribution in [1.29, 1.82) is 0 Å². The fraction of sp³-hybridized carbons (Fsp3) is 0.273. The maximum Gasteiger partial charge on any atom is 0.263 e. The van der Waals surface area contributed by atoms with Gasteiger partial charge >= 0.3 is 0 Å². The van der Waals surface area contributed by atoms with E-state index in [-0.39, 0.29) is 29.6 Å². The molecule has 4 nitrogen and oxygen atoms in total. The van der Waals surface area contributed by atoms with Crippen LogP contribution in [0.4, 0.5) is 4.39 Å². The van der Waals surface area contributed by atoms with Gasteiger partial charge in [0.15, 0.2) is 0 Å². The fourth-order valence-electron chi connectivity index (χ4n) is 3.62. The highest BCUT2D eigenvalue weighted by Gasteiger charge is 2.31. The standard InChI is InChI=1S/C22H21FN2O2S2/c23-17-9-7-15(8-10-17)20(18-5-2-12-28-18)24-21(26)16-4-1-11-25(14-16)22(27)19-6-3-13-29-19/h2-3,5-10,12-13,16,20H,1,4,11,14H2,(H,24,26)/t16-,20+/m1/s1. The first kappa shape index (κ1) is 19.8. The van der Waals surface area contributed by atoms with Crippen molar-refractivity contribution in [2.45, 2.75) is 18.9 Å². The summed E-state index contributed by atoms with van der Waals surface area (Å²) in [4.78, 5) is 29.2. The number of amides is 2. The first-order valence-electron chi connectivity index (χ1n) is 9.54. The molecule has 0 unspecified atom stereocenters. The first-order valence-corrected chi connectivity index (χ1v) is 11.3. The van der Waals surface area contributed by atoms with Gasteiger partial charge in [0.2, 0.25) is 5.91 Å². The summed E-state index contributed by atoms with van der Waals surface area (Å²) in [5.74, 6) is -0.641. The van der Waals surface area contributed by atoms with Crippen molar-refractivity contribution < 1.29 is 14.0 Å². The summed E-state index contributed by atoms with van der Waals surface area (Å²) in [7, 11) is 0. The Labute approximate surface area is 177 Å². The van der Waals surface area contributed by atoms with Gasteiger partial charge < -0.3 is 10.2 Å². The van der Waals surface area contributed by atoms with Gasteiger partial charge in [-0.3, -0.25) is 9.59 Å². The van der Waals surface area contributed by atoms with E-state index >= 15 is 0 Å². The van der Waals surface area contributed by atoms with Gasteiger partial charge in [0.1, 0.15) is 5.82 Å². The van der Waals surface area contributed by atoms with Crippen molar-refractivity contribution in [2.24, 2.45) is 5.92 Å². The number of hydrogen-bond donors (Lipinski definition) is 1. The maximum atomic E-state index is 13.4. The molecule has 0 bridgehead atoms. The van der Waals surface area contributed by atoms with E-state index in [0.717, 1.165) is 23.3 Å². The molecule has 3 aromatic rings. The van der Waals surface area contributed by atoms with Crippen molar-refractivity contribution in [3.63, 3.8) is 0 Å². The number of rotatable bonds is 5. The van der Waals surface area contributed by atoms with Crippen LogP contribution in [0.1, 0.15) is 39.0 Å². The molecular formula is C22H21FN2O2S2. The Hall–Kier alpha value is -2.51. The lowest BCUT2D eigenvalue weighted by molar-refractivity contribution is -0.126. The van der Waals surface area contributed by atoms with Gasteiger partial charge in [-0.1, -0.05) is 24.3 Å². The number of piperidine rings is 1. The summed E-state index contributed by atoms with van der Waals surface area (Å²) in [5, 5.41) is 6.98. The molecular weight excluding hydrogens is 407 g/mol. The minimum absolute atomic E-state index is 0.00848. The van der Waals surface area contributed by atoms with Crippen molar-refractivity contribution in [3.05, 3.63) is 80.4 Å². The molecule has 2 atom stereocenters. The summed E-state index contributed by atoms with van der Waals surface area (Å²) in [5.41, 5.74) is 0.838. The van der Waals surface area contributed by atoms with Crippen molar-refractivity contribution in [3.8, 4) is 0 Å². The maximum absolute atomic E-state index is 13.4. The molecule has 4 rings (SSSR count). The van der Waals surface area contributed by atoms with E-state index in [1.54, 1.807) is 28.4 Å². The molecule has 0 aliphatic carbocycles. The highest BCUT2D eigenvalue weighted by atomic mass is 32.1. The van der Waals surface area contributed by atoms with Crippen LogP contribution in [0.15, 0.2) is 59.3 Å². The highest BCUT2D eigenvalue weighted by molar-refractivity contribution is 7.12. The summed E-state index contributed by atoms with van der Waals surface area (Å²) in [6.07, 6.45) is 1.55. The number of benzene rings is 1. The topological polar surface area (TPSA) is 49.4 Å². The van der Waals surface area contributed by atoms with Gasteiger partial charge in [-0.15, -0.1) is 22.7 Å². The Balaban J connectivity index is 1.48. The molecule has 1 aliphatic heterocycles. The molecule has 3 heterocycles. The third-order valence-electron chi connectivity index (χ3n) is 5.13. The van der Waals surface area contributed by atoms with Gasteiger partial charge in [0.05, 0.1) is 16.8 Å². The number of likely N-dealkylation sites (tertiary alicyclic amines) is 1. The predicted molar refractivity (Wildman–Crippen MR) is 114 cm³/mol. The molecule has 2 aromatic heterocycles. The summed E-state index contributed by atoms with van der Waals surface area (Å²) >= 11 is 2.97. The second kappa shape index (κ2) is 8.88. The molecule has 1 fully saturated rings. The largest absolute Gasteiger partial charge is 0.344 e. The molecule has 0 radical (unpaired) electrons. The second-order valence-electron chi connectivity index (χ2n) is 7.08. The molecule has 1 N–H and O–H groups in total.